The van der Waals surface area contributed by atoms with E-state index in [4.69, 9.17) is 0 Å². The summed E-state index contributed by atoms with van der Waals surface area (Å²) in [6, 6.07) is 17.7. The lowest BCUT2D eigenvalue weighted by Crippen LogP contribution is -2.27. The Hall–Kier alpha value is -2.66. The molecule has 0 saturated heterocycles. The van der Waals surface area contributed by atoms with Crippen LogP contribution in [0.3, 0.4) is 0 Å². The van der Waals surface area contributed by atoms with Crippen LogP contribution >= 0.6 is 34.4 Å². The molecule has 0 spiro atoms. The van der Waals surface area contributed by atoms with Crippen LogP contribution < -0.4 is 10.7 Å². The summed E-state index contributed by atoms with van der Waals surface area (Å²) in [5, 5.41) is 16.2. The number of hydrogen-bond acceptors (Lipinski definition) is 6. The van der Waals surface area contributed by atoms with E-state index in [0.29, 0.717) is 18.2 Å². The smallest absolute Gasteiger partial charge is 0.253 e. The molecule has 3 rings (SSSR count). The van der Waals surface area contributed by atoms with Crippen molar-refractivity contribution in [3.8, 4) is 0 Å². The summed E-state index contributed by atoms with van der Waals surface area (Å²) in [6.07, 6.45) is 3.40. The molecule has 0 aliphatic carbocycles. The zero-order chi connectivity index (χ0) is 22.1. The van der Waals surface area contributed by atoms with Gasteiger partial charge in [0.05, 0.1) is 18.0 Å². The van der Waals surface area contributed by atoms with Gasteiger partial charge in [-0.2, -0.15) is 5.10 Å². The molecule has 9 heteroatoms. The number of benzene rings is 2. The normalized spacial score (nSPS) is 11.9. The first-order valence-corrected chi connectivity index (χ1v) is 11.6. The lowest BCUT2D eigenvalue weighted by Gasteiger charge is -2.12. The molecule has 0 saturated carbocycles. The predicted octanol–water partition coefficient (Wildman–Crippen LogP) is 4.31. The molecule has 1 atom stereocenters. The van der Waals surface area contributed by atoms with Crippen LogP contribution in [0.2, 0.25) is 0 Å². The number of rotatable bonds is 10. The Morgan fingerprint density at radius 3 is 2.68 bits per heavy atom. The van der Waals surface area contributed by atoms with Crippen LogP contribution in [0.1, 0.15) is 18.3 Å². The van der Waals surface area contributed by atoms with Crippen molar-refractivity contribution >= 4 is 52.2 Å². The van der Waals surface area contributed by atoms with Crippen molar-refractivity contribution in [2.45, 2.75) is 30.4 Å². The van der Waals surface area contributed by atoms with Gasteiger partial charge in [0.1, 0.15) is 0 Å². The maximum atomic E-state index is 12.4. The molecule has 2 aromatic carbocycles. The second-order valence-corrected chi connectivity index (χ2v) is 9.12. The fraction of sp³-hybridized carbons (Fsp3) is 0.182. The third-order valence-corrected chi connectivity index (χ3v) is 6.04. The van der Waals surface area contributed by atoms with Crippen molar-refractivity contribution in [3.05, 3.63) is 82.2 Å². The lowest BCUT2D eigenvalue weighted by molar-refractivity contribution is -0.120. The first-order valence-electron chi connectivity index (χ1n) is 9.64. The summed E-state index contributed by atoms with van der Waals surface area (Å²) >= 11 is 3.61. The van der Waals surface area contributed by atoms with E-state index in [1.165, 1.54) is 15.3 Å². The van der Waals surface area contributed by atoms with Crippen molar-refractivity contribution < 1.29 is 4.79 Å². The average molecular weight is 546 g/mol. The topological polar surface area (TPSA) is 84.2 Å². The van der Waals surface area contributed by atoms with E-state index < -0.39 is 5.25 Å². The first kappa shape index (κ1) is 23.0. The van der Waals surface area contributed by atoms with Crippen molar-refractivity contribution in [3.63, 3.8) is 0 Å². The molecular formula is C22H23IN6OS. The number of aromatic nitrogens is 3. The van der Waals surface area contributed by atoms with Crippen LogP contribution in [0.5, 0.6) is 0 Å². The van der Waals surface area contributed by atoms with Gasteiger partial charge in [-0.3, -0.25) is 4.79 Å². The minimum Gasteiger partial charge on any atom is -0.378 e. The molecule has 1 heterocycles. The number of carbonyl (C=O) groups is 1. The van der Waals surface area contributed by atoms with Crippen LogP contribution in [0, 0.1) is 3.57 Å². The van der Waals surface area contributed by atoms with E-state index in [-0.39, 0.29) is 5.91 Å². The van der Waals surface area contributed by atoms with E-state index >= 15 is 0 Å². The van der Waals surface area contributed by atoms with Gasteiger partial charge in [0, 0.05) is 15.8 Å². The molecular weight excluding hydrogens is 523 g/mol. The number of hydrogen-bond donors (Lipinski definition) is 2. The van der Waals surface area contributed by atoms with Crippen LogP contribution in [0.15, 0.2) is 77.5 Å². The van der Waals surface area contributed by atoms with E-state index in [0.717, 1.165) is 17.1 Å². The Labute approximate surface area is 199 Å². The zero-order valence-electron chi connectivity index (χ0n) is 17.0. The van der Waals surface area contributed by atoms with Gasteiger partial charge in [-0.15, -0.1) is 16.8 Å². The fourth-order valence-electron chi connectivity index (χ4n) is 2.61. The first-order chi connectivity index (χ1) is 15.1. The number of nitrogens with one attached hydrogen (secondary N) is 2. The molecule has 0 radical (unpaired) electrons. The van der Waals surface area contributed by atoms with E-state index in [1.807, 2.05) is 66.1 Å². The number of anilines is 1. The molecule has 160 valence electrons. The third kappa shape index (κ3) is 6.93. The van der Waals surface area contributed by atoms with Crippen molar-refractivity contribution in [1.29, 1.82) is 0 Å². The minimum absolute atomic E-state index is 0.205. The van der Waals surface area contributed by atoms with Gasteiger partial charge < -0.3 is 9.88 Å². The van der Waals surface area contributed by atoms with Gasteiger partial charge in [0.2, 0.25) is 0 Å². The second kappa shape index (κ2) is 11.7. The van der Waals surface area contributed by atoms with E-state index in [9.17, 15) is 4.79 Å². The summed E-state index contributed by atoms with van der Waals surface area (Å²) in [7, 11) is 0. The van der Waals surface area contributed by atoms with Gasteiger partial charge in [0.25, 0.3) is 5.91 Å². The van der Waals surface area contributed by atoms with E-state index in [2.05, 4.69) is 55.2 Å². The number of hydrazone groups is 1. The molecule has 7 nitrogen and oxygen atoms in total. The highest BCUT2D eigenvalue weighted by molar-refractivity contribution is 14.1. The maximum Gasteiger partial charge on any atom is 0.253 e. The standard InChI is InChI=1S/C22H23IN6OS/c1-3-13-29-20(15-24-19-11-9-18(23)10-12-19)26-28-22(29)31-16(2)21(30)27-25-14-17-7-5-4-6-8-17/h3-12,14,16,24H,1,13,15H2,2H3,(H,27,30)/b25-14+. The van der Waals surface area contributed by atoms with Gasteiger partial charge >= 0.3 is 0 Å². The highest BCUT2D eigenvalue weighted by Crippen LogP contribution is 2.23. The summed E-state index contributed by atoms with van der Waals surface area (Å²) < 4.78 is 3.13. The highest BCUT2D eigenvalue weighted by Gasteiger charge is 2.19. The quantitative estimate of drug-likeness (QED) is 0.130. The van der Waals surface area contributed by atoms with Crippen LogP contribution in [0.4, 0.5) is 5.69 Å². The zero-order valence-corrected chi connectivity index (χ0v) is 20.0. The number of carbonyl (C=O) groups excluding carboxylic acids is 1. The minimum atomic E-state index is -0.391. The molecule has 3 aromatic rings. The molecule has 2 N–H and O–H groups in total. The SMILES string of the molecule is C=CCn1c(CNc2ccc(I)cc2)nnc1SC(C)C(=O)N/N=C/c1ccccc1. The van der Waals surface area contributed by atoms with Gasteiger partial charge in [0.15, 0.2) is 11.0 Å². The maximum absolute atomic E-state index is 12.4. The van der Waals surface area contributed by atoms with E-state index in [1.54, 1.807) is 12.3 Å². The van der Waals surface area contributed by atoms with Crippen LogP contribution in [-0.2, 0) is 17.9 Å². The lowest BCUT2D eigenvalue weighted by atomic mass is 10.2. The Kier molecular flexibility index (Phi) is 8.65. The monoisotopic (exact) mass is 546 g/mol. The largest absolute Gasteiger partial charge is 0.378 e. The van der Waals surface area contributed by atoms with Gasteiger partial charge in [-0.05, 0) is 59.3 Å². The van der Waals surface area contributed by atoms with Crippen molar-refractivity contribution in [2.24, 2.45) is 5.10 Å². The predicted molar refractivity (Wildman–Crippen MR) is 134 cm³/mol. The molecule has 31 heavy (non-hydrogen) atoms. The average Bonchev–Trinajstić information content (AvgIpc) is 3.15. The summed E-state index contributed by atoms with van der Waals surface area (Å²) in [6.45, 7) is 6.71. The Morgan fingerprint density at radius 1 is 1.23 bits per heavy atom. The Balaban J connectivity index is 1.60. The number of nitrogens with zero attached hydrogens (tertiary/aromatic N) is 4. The van der Waals surface area contributed by atoms with Crippen LogP contribution in [0.25, 0.3) is 0 Å². The number of thioether (sulfide) groups is 1. The third-order valence-electron chi connectivity index (χ3n) is 4.24. The summed E-state index contributed by atoms with van der Waals surface area (Å²) in [5.41, 5.74) is 4.50. The number of halogens is 1. The molecule has 0 fully saturated rings. The molecule has 0 aliphatic heterocycles. The Bertz CT molecular complexity index is 1040. The molecule has 1 aromatic heterocycles. The van der Waals surface area contributed by atoms with Gasteiger partial charge in [-0.25, -0.2) is 5.43 Å². The Morgan fingerprint density at radius 2 is 1.97 bits per heavy atom. The number of amides is 1. The van der Waals surface area contributed by atoms with Gasteiger partial charge in [-0.1, -0.05) is 48.2 Å². The highest BCUT2D eigenvalue weighted by atomic mass is 127. The second-order valence-electron chi connectivity index (χ2n) is 6.56. The summed E-state index contributed by atoms with van der Waals surface area (Å²) in [4.78, 5) is 12.4. The molecule has 1 amide bonds. The molecule has 0 aliphatic rings. The van der Waals surface area contributed by atoms with Crippen LogP contribution in [-0.4, -0.2) is 32.1 Å². The molecule has 1 unspecified atom stereocenters. The molecule has 0 bridgehead atoms. The van der Waals surface area contributed by atoms with Crippen molar-refractivity contribution in [1.82, 2.24) is 20.2 Å². The summed E-state index contributed by atoms with van der Waals surface area (Å²) in [5.74, 6) is 0.569. The fourth-order valence-corrected chi connectivity index (χ4v) is 3.84. The van der Waals surface area contributed by atoms with Crippen molar-refractivity contribution in [2.75, 3.05) is 5.32 Å². The number of allylic oxidation sites excluding steroid dienone is 1.